The summed E-state index contributed by atoms with van der Waals surface area (Å²) in [6.45, 7) is 2.07. The highest BCUT2D eigenvalue weighted by Gasteiger charge is 2.13. The Labute approximate surface area is 248 Å². The van der Waals surface area contributed by atoms with E-state index in [1.807, 2.05) is 6.92 Å². The van der Waals surface area contributed by atoms with Crippen molar-refractivity contribution in [3.8, 4) is 23.0 Å². The van der Waals surface area contributed by atoms with Gasteiger partial charge in [0.15, 0.2) is 24.8 Å². The zero-order valence-electron chi connectivity index (χ0n) is 23.4. The number of fused-ring (bicyclic) bond motifs is 1. The van der Waals surface area contributed by atoms with E-state index >= 15 is 0 Å². The molecule has 216 valence electrons. The molecule has 0 fully saturated rings. The number of nitrogens with one attached hydrogen (secondary N) is 1. The molecule has 1 amide bonds. The predicted octanol–water partition coefficient (Wildman–Crippen LogP) is 6.72. The molecule has 0 aromatic heterocycles. The standard InChI is InChI=1S/C35H29NO7/c1-2-41-30-14-16-32(17-15-30)43-22-34(39)26-5-3-4-25(19-26)33(38)21-42-31-12-9-28(10-13-31)36-35(40)27-7-6-24-20-29(37)11-8-23(24)18-27/h3-20,37H,2,21-22H2,1H3,(H,36,40). The van der Waals surface area contributed by atoms with E-state index in [-0.39, 0.29) is 36.4 Å². The van der Waals surface area contributed by atoms with E-state index in [1.165, 1.54) is 6.07 Å². The summed E-state index contributed by atoms with van der Waals surface area (Å²) in [5.74, 6) is 1.05. The number of ether oxygens (including phenoxy) is 3. The van der Waals surface area contributed by atoms with Gasteiger partial charge < -0.3 is 24.6 Å². The fraction of sp³-hybridized carbons (Fsp3) is 0.114. The van der Waals surface area contributed by atoms with Crippen LogP contribution >= 0.6 is 0 Å². The van der Waals surface area contributed by atoms with Gasteiger partial charge in [-0.05, 0) is 96.6 Å². The molecular weight excluding hydrogens is 546 g/mol. The third-order valence-electron chi connectivity index (χ3n) is 6.58. The molecule has 0 saturated carbocycles. The number of amides is 1. The third kappa shape index (κ3) is 7.56. The molecule has 0 unspecified atom stereocenters. The zero-order chi connectivity index (χ0) is 30.2. The van der Waals surface area contributed by atoms with Crippen LogP contribution in [0, 0.1) is 0 Å². The second-order valence-corrected chi connectivity index (χ2v) is 9.63. The molecule has 5 aromatic carbocycles. The first kappa shape index (κ1) is 28.9. The van der Waals surface area contributed by atoms with Gasteiger partial charge in [-0.25, -0.2) is 0 Å². The number of hydrogen-bond acceptors (Lipinski definition) is 7. The van der Waals surface area contributed by atoms with E-state index in [2.05, 4.69) is 5.32 Å². The number of phenols is 1. The Morgan fingerprint density at radius 2 is 1.14 bits per heavy atom. The predicted molar refractivity (Wildman–Crippen MR) is 164 cm³/mol. The molecule has 0 saturated heterocycles. The summed E-state index contributed by atoms with van der Waals surface area (Å²) in [6, 6.07) is 30.3. The van der Waals surface area contributed by atoms with Crippen molar-refractivity contribution in [3.05, 3.63) is 126 Å². The highest BCUT2D eigenvalue weighted by atomic mass is 16.5. The Morgan fingerprint density at radius 1 is 0.605 bits per heavy atom. The number of ketones is 2. The Balaban J connectivity index is 1.12. The largest absolute Gasteiger partial charge is 0.508 e. The molecule has 0 radical (unpaired) electrons. The van der Waals surface area contributed by atoms with Crippen LogP contribution in [0.5, 0.6) is 23.0 Å². The van der Waals surface area contributed by atoms with E-state index in [4.69, 9.17) is 14.2 Å². The summed E-state index contributed by atoms with van der Waals surface area (Å²) >= 11 is 0. The van der Waals surface area contributed by atoms with Crippen LogP contribution in [-0.4, -0.2) is 42.4 Å². The van der Waals surface area contributed by atoms with Crippen molar-refractivity contribution in [2.75, 3.05) is 25.1 Å². The van der Waals surface area contributed by atoms with Crippen molar-refractivity contribution in [3.63, 3.8) is 0 Å². The van der Waals surface area contributed by atoms with Crippen LogP contribution in [0.3, 0.4) is 0 Å². The summed E-state index contributed by atoms with van der Waals surface area (Å²) in [7, 11) is 0. The molecule has 0 aliphatic heterocycles. The highest BCUT2D eigenvalue weighted by Crippen LogP contribution is 2.23. The van der Waals surface area contributed by atoms with E-state index in [9.17, 15) is 19.5 Å². The average molecular weight is 576 g/mol. The van der Waals surface area contributed by atoms with Crippen LogP contribution in [0.4, 0.5) is 5.69 Å². The van der Waals surface area contributed by atoms with Gasteiger partial charge in [0.2, 0.25) is 0 Å². The Kier molecular flexibility index (Phi) is 8.97. The summed E-state index contributed by atoms with van der Waals surface area (Å²) in [5.41, 5.74) is 1.75. The minimum Gasteiger partial charge on any atom is -0.508 e. The molecule has 5 rings (SSSR count). The van der Waals surface area contributed by atoms with Gasteiger partial charge in [-0.3, -0.25) is 14.4 Å². The monoisotopic (exact) mass is 575 g/mol. The molecule has 0 bridgehead atoms. The first-order chi connectivity index (χ1) is 20.9. The van der Waals surface area contributed by atoms with Crippen molar-refractivity contribution in [2.24, 2.45) is 0 Å². The molecule has 0 aliphatic rings. The van der Waals surface area contributed by atoms with Crippen molar-refractivity contribution in [2.45, 2.75) is 6.92 Å². The van der Waals surface area contributed by atoms with E-state index < -0.39 is 0 Å². The smallest absolute Gasteiger partial charge is 0.255 e. The number of carbonyl (C=O) groups excluding carboxylic acids is 3. The minimum absolute atomic E-state index is 0.166. The van der Waals surface area contributed by atoms with Crippen LogP contribution < -0.4 is 19.5 Å². The lowest BCUT2D eigenvalue weighted by Gasteiger charge is -2.10. The lowest BCUT2D eigenvalue weighted by molar-refractivity contribution is 0.0919. The van der Waals surface area contributed by atoms with Gasteiger partial charge in [-0.1, -0.05) is 30.3 Å². The van der Waals surface area contributed by atoms with Crippen LogP contribution in [0.2, 0.25) is 0 Å². The van der Waals surface area contributed by atoms with E-state index in [1.54, 1.807) is 103 Å². The van der Waals surface area contributed by atoms with Crippen LogP contribution in [-0.2, 0) is 0 Å². The number of Topliss-reactive ketones (excluding diaryl/α,β-unsaturated/α-hetero) is 2. The third-order valence-corrected chi connectivity index (χ3v) is 6.58. The van der Waals surface area contributed by atoms with Gasteiger partial charge in [0, 0.05) is 22.4 Å². The van der Waals surface area contributed by atoms with Gasteiger partial charge in [-0.2, -0.15) is 0 Å². The fourth-order valence-corrected chi connectivity index (χ4v) is 4.34. The lowest BCUT2D eigenvalue weighted by Crippen LogP contribution is -2.15. The number of benzene rings is 5. The normalized spacial score (nSPS) is 10.6. The average Bonchev–Trinajstić information content (AvgIpc) is 3.03. The molecule has 0 heterocycles. The van der Waals surface area contributed by atoms with Crippen molar-refractivity contribution in [1.29, 1.82) is 0 Å². The maximum Gasteiger partial charge on any atom is 0.255 e. The van der Waals surface area contributed by atoms with Crippen LogP contribution in [0.25, 0.3) is 10.8 Å². The van der Waals surface area contributed by atoms with E-state index in [0.29, 0.717) is 40.5 Å². The highest BCUT2D eigenvalue weighted by molar-refractivity contribution is 6.06. The first-order valence-electron chi connectivity index (χ1n) is 13.7. The summed E-state index contributed by atoms with van der Waals surface area (Å²) in [6.07, 6.45) is 0. The second-order valence-electron chi connectivity index (χ2n) is 9.63. The Morgan fingerprint density at radius 3 is 1.74 bits per heavy atom. The maximum atomic E-state index is 12.8. The SMILES string of the molecule is CCOc1ccc(OCC(=O)c2cccc(C(=O)COc3ccc(NC(=O)c4ccc5cc(O)ccc5c4)cc3)c2)cc1. The molecule has 0 aliphatic carbocycles. The van der Waals surface area contributed by atoms with E-state index in [0.717, 1.165) is 16.5 Å². The molecule has 5 aromatic rings. The Bertz CT molecular complexity index is 1760. The topological polar surface area (TPSA) is 111 Å². The summed E-state index contributed by atoms with van der Waals surface area (Å²) in [5, 5.41) is 14.1. The number of anilines is 1. The van der Waals surface area contributed by atoms with Gasteiger partial charge in [-0.15, -0.1) is 0 Å². The first-order valence-corrected chi connectivity index (χ1v) is 13.7. The minimum atomic E-state index is -0.288. The van der Waals surface area contributed by atoms with Crippen molar-refractivity contribution >= 4 is 33.9 Å². The summed E-state index contributed by atoms with van der Waals surface area (Å²) < 4.78 is 16.6. The van der Waals surface area contributed by atoms with Crippen molar-refractivity contribution < 1.29 is 33.7 Å². The zero-order valence-corrected chi connectivity index (χ0v) is 23.4. The lowest BCUT2D eigenvalue weighted by atomic mass is 10.0. The number of carbonyl (C=O) groups is 3. The maximum absolute atomic E-state index is 12.8. The van der Waals surface area contributed by atoms with Crippen molar-refractivity contribution in [1.82, 2.24) is 0 Å². The van der Waals surface area contributed by atoms with Crippen LogP contribution in [0.15, 0.2) is 109 Å². The Hall–Kier alpha value is -5.63. The van der Waals surface area contributed by atoms with Gasteiger partial charge >= 0.3 is 0 Å². The number of phenolic OH excluding ortho intramolecular Hbond substituents is 1. The van der Waals surface area contributed by atoms with Crippen LogP contribution in [0.1, 0.15) is 38.0 Å². The van der Waals surface area contributed by atoms with Gasteiger partial charge in [0.05, 0.1) is 6.61 Å². The van der Waals surface area contributed by atoms with Gasteiger partial charge in [0.1, 0.15) is 23.0 Å². The van der Waals surface area contributed by atoms with Gasteiger partial charge in [0.25, 0.3) is 5.91 Å². The second kappa shape index (κ2) is 13.4. The molecule has 43 heavy (non-hydrogen) atoms. The quantitative estimate of drug-likeness (QED) is 0.159. The number of hydrogen-bond donors (Lipinski definition) is 2. The molecule has 8 heteroatoms. The molecule has 8 nitrogen and oxygen atoms in total. The molecular formula is C35H29NO7. The number of rotatable bonds is 12. The number of aromatic hydroxyl groups is 1. The summed E-state index contributed by atoms with van der Waals surface area (Å²) in [4.78, 5) is 38.2. The molecule has 0 atom stereocenters. The molecule has 2 N–H and O–H groups in total. The molecule has 0 spiro atoms. The fourth-order valence-electron chi connectivity index (χ4n) is 4.34.